The zero-order valence-corrected chi connectivity index (χ0v) is 18.0. The number of benzene rings is 2. The van der Waals surface area contributed by atoms with Gasteiger partial charge in [-0.2, -0.15) is 13.2 Å². The molecule has 0 aromatic heterocycles. The number of anilines is 1. The zero-order chi connectivity index (χ0) is 22.1. The molecule has 0 aliphatic carbocycles. The van der Waals surface area contributed by atoms with Crippen LogP contribution in [0.1, 0.15) is 42.0 Å². The van der Waals surface area contributed by atoms with Gasteiger partial charge in [0.15, 0.2) is 0 Å². The molecule has 6 heteroatoms. The number of carbonyl (C=O) groups excluding carboxylic acids is 1. The minimum absolute atomic E-state index is 0.125. The van der Waals surface area contributed by atoms with E-state index in [1.54, 1.807) is 11.0 Å². The number of rotatable bonds is 5. The molecule has 3 rings (SSSR count). The van der Waals surface area contributed by atoms with Crippen LogP contribution in [0.4, 0.5) is 18.9 Å². The normalized spacial score (nSPS) is 19.7. The Morgan fingerprint density at radius 2 is 1.77 bits per heavy atom. The molecule has 162 valence electrons. The lowest BCUT2D eigenvalue weighted by Gasteiger charge is -2.28. The van der Waals surface area contributed by atoms with Gasteiger partial charge in [-0.05, 0) is 61.7 Å². The fourth-order valence-corrected chi connectivity index (χ4v) is 4.18. The predicted octanol–water partition coefficient (Wildman–Crippen LogP) is 5.14. The van der Waals surface area contributed by atoms with Crippen molar-refractivity contribution in [2.75, 3.05) is 32.1 Å². The number of alkyl halides is 3. The molecular formula is C24H29F3N2O. The van der Waals surface area contributed by atoms with E-state index in [0.717, 1.165) is 23.6 Å². The van der Waals surface area contributed by atoms with Gasteiger partial charge in [-0.25, -0.2) is 0 Å². The Morgan fingerprint density at radius 3 is 2.33 bits per heavy atom. The molecule has 0 N–H and O–H groups in total. The van der Waals surface area contributed by atoms with Gasteiger partial charge in [-0.15, -0.1) is 0 Å². The molecule has 1 heterocycles. The summed E-state index contributed by atoms with van der Waals surface area (Å²) in [5, 5.41) is 0. The summed E-state index contributed by atoms with van der Waals surface area (Å²) in [4.78, 5) is 16.9. The summed E-state index contributed by atoms with van der Waals surface area (Å²) < 4.78 is 41.6. The quantitative estimate of drug-likeness (QED) is 0.671. The molecule has 1 aliphatic rings. The molecule has 2 aromatic carbocycles. The predicted molar refractivity (Wildman–Crippen MR) is 114 cm³/mol. The van der Waals surface area contributed by atoms with Crippen LogP contribution in [0.5, 0.6) is 0 Å². The molecule has 0 unspecified atom stereocenters. The third-order valence-corrected chi connectivity index (χ3v) is 6.02. The van der Waals surface area contributed by atoms with Crippen LogP contribution in [-0.4, -0.2) is 38.0 Å². The third kappa shape index (κ3) is 4.53. The number of hydrogen-bond donors (Lipinski definition) is 0. The second kappa shape index (κ2) is 8.80. The maximum Gasteiger partial charge on any atom is 0.416 e. The second-order valence-electron chi connectivity index (χ2n) is 8.29. The van der Waals surface area contributed by atoms with Crippen molar-refractivity contribution in [2.24, 2.45) is 5.92 Å². The van der Waals surface area contributed by atoms with E-state index < -0.39 is 17.7 Å². The van der Waals surface area contributed by atoms with Crippen LogP contribution in [-0.2, 0) is 23.8 Å². The third-order valence-electron chi connectivity index (χ3n) is 6.02. The lowest BCUT2D eigenvalue weighted by atomic mass is 9.81. The fraction of sp³-hybridized carbons (Fsp3) is 0.458. The second-order valence-corrected chi connectivity index (χ2v) is 8.29. The number of fused-ring (bicyclic) bond motifs is 1. The first-order chi connectivity index (χ1) is 14.1. The van der Waals surface area contributed by atoms with Gasteiger partial charge in [0.25, 0.3) is 0 Å². The summed E-state index contributed by atoms with van der Waals surface area (Å²) in [6, 6.07) is 12.1. The highest BCUT2D eigenvalue weighted by Crippen LogP contribution is 2.43. The number of aryl methyl sites for hydroxylation is 1. The lowest BCUT2D eigenvalue weighted by molar-refractivity contribution is -0.138. The highest BCUT2D eigenvalue weighted by Gasteiger charge is 2.40. The average Bonchev–Trinajstić information content (AvgIpc) is 2.80. The van der Waals surface area contributed by atoms with E-state index in [1.165, 1.54) is 6.07 Å². The van der Waals surface area contributed by atoms with Crippen LogP contribution in [0.2, 0.25) is 0 Å². The first-order valence-electron chi connectivity index (χ1n) is 10.4. The van der Waals surface area contributed by atoms with E-state index in [0.29, 0.717) is 18.8 Å². The van der Waals surface area contributed by atoms with Gasteiger partial charge in [0.05, 0.1) is 5.56 Å². The smallest absolute Gasteiger partial charge is 0.311 e. The molecule has 30 heavy (non-hydrogen) atoms. The van der Waals surface area contributed by atoms with E-state index in [4.69, 9.17) is 0 Å². The summed E-state index contributed by atoms with van der Waals surface area (Å²) in [6.07, 6.45) is -3.40. The molecule has 1 amide bonds. The average molecular weight is 419 g/mol. The molecule has 0 bridgehead atoms. The van der Waals surface area contributed by atoms with Crippen molar-refractivity contribution in [3.63, 3.8) is 0 Å². The maximum atomic E-state index is 13.9. The van der Waals surface area contributed by atoms with E-state index in [2.05, 4.69) is 6.92 Å². The number of carbonyl (C=O) groups is 1. The molecular weight excluding hydrogens is 389 g/mol. The van der Waals surface area contributed by atoms with Crippen molar-refractivity contribution in [1.29, 1.82) is 0 Å². The van der Waals surface area contributed by atoms with Gasteiger partial charge in [0.1, 0.15) is 0 Å². The minimum Gasteiger partial charge on any atom is -0.311 e. The number of halogens is 3. The zero-order valence-electron chi connectivity index (χ0n) is 18.0. The van der Waals surface area contributed by atoms with E-state index >= 15 is 0 Å². The van der Waals surface area contributed by atoms with Crippen LogP contribution < -0.4 is 4.90 Å². The highest BCUT2D eigenvalue weighted by molar-refractivity contribution is 5.97. The van der Waals surface area contributed by atoms with Gasteiger partial charge < -0.3 is 9.80 Å². The van der Waals surface area contributed by atoms with E-state index in [1.807, 2.05) is 50.2 Å². The van der Waals surface area contributed by atoms with Gasteiger partial charge >= 0.3 is 6.18 Å². The minimum atomic E-state index is -4.47. The monoisotopic (exact) mass is 418 g/mol. The van der Waals surface area contributed by atoms with Crippen molar-refractivity contribution in [1.82, 2.24) is 4.90 Å². The molecule has 2 atom stereocenters. The summed E-state index contributed by atoms with van der Waals surface area (Å²) in [7, 11) is 3.77. The van der Waals surface area contributed by atoms with Crippen LogP contribution >= 0.6 is 0 Å². The van der Waals surface area contributed by atoms with Crippen molar-refractivity contribution in [3.8, 4) is 0 Å². The summed E-state index contributed by atoms with van der Waals surface area (Å²) >= 11 is 0. The summed E-state index contributed by atoms with van der Waals surface area (Å²) in [6.45, 7) is 4.82. The van der Waals surface area contributed by atoms with Crippen molar-refractivity contribution < 1.29 is 18.0 Å². The van der Waals surface area contributed by atoms with Gasteiger partial charge in [-0.1, -0.05) is 44.2 Å². The van der Waals surface area contributed by atoms with Crippen LogP contribution in [0.15, 0.2) is 42.5 Å². The molecule has 1 aliphatic heterocycles. The van der Waals surface area contributed by atoms with Crippen LogP contribution in [0, 0.1) is 5.92 Å². The van der Waals surface area contributed by atoms with E-state index in [-0.39, 0.29) is 23.8 Å². The Kier molecular flexibility index (Phi) is 6.56. The number of amides is 1. The van der Waals surface area contributed by atoms with Crippen molar-refractivity contribution in [2.45, 2.75) is 38.8 Å². The van der Waals surface area contributed by atoms with Crippen molar-refractivity contribution in [3.05, 3.63) is 64.7 Å². The lowest BCUT2D eigenvalue weighted by Crippen LogP contribution is -2.40. The molecule has 0 fully saturated rings. The Morgan fingerprint density at radius 1 is 1.10 bits per heavy atom. The molecule has 0 spiro atoms. The van der Waals surface area contributed by atoms with Gasteiger partial charge in [0.2, 0.25) is 5.91 Å². The highest BCUT2D eigenvalue weighted by atomic mass is 19.4. The maximum absolute atomic E-state index is 13.9. The first-order valence-corrected chi connectivity index (χ1v) is 10.4. The standard InChI is InChI=1S/C24H29F3N2O/c1-5-17-9-11-18(12-10-17)19-15-20-21(24(25,26)27)7-6-8-22(20)29(14-13-28(3)4)23(30)16(19)2/h6-12,16,19H,5,13-15H2,1-4H3/t16-,19-/m1/s1. The topological polar surface area (TPSA) is 23.6 Å². The molecule has 0 saturated heterocycles. The molecule has 2 aromatic rings. The van der Waals surface area contributed by atoms with Crippen molar-refractivity contribution >= 4 is 11.6 Å². The fourth-order valence-electron chi connectivity index (χ4n) is 4.18. The number of nitrogens with zero attached hydrogens (tertiary/aromatic N) is 2. The summed E-state index contributed by atoms with van der Waals surface area (Å²) in [5.41, 5.74) is 2.02. The van der Waals surface area contributed by atoms with Gasteiger partial charge in [-0.3, -0.25) is 4.79 Å². The van der Waals surface area contributed by atoms with Gasteiger partial charge in [0, 0.05) is 24.7 Å². The summed E-state index contributed by atoms with van der Waals surface area (Å²) in [5.74, 6) is -0.859. The molecule has 3 nitrogen and oxygen atoms in total. The Balaban J connectivity index is 2.13. The van der Waals surface area contributed by atoms with E-state index in [9.17, 15) is 18.0 Å². The van der Waals surface area contributed by atoms with Crippen LogP contribution in [0.3, 0.4) is 0 Å². The number of likely N-dealkylation sites (N-methyl/N-ethyl adjacent to an activating group) is 1. The largest absolute Gasteiger partial charge is 0.416 e. The SMILES string of the molecule is CCc1ccc([C@@H]2Cc3c(cccc3C(F)(F)F)N(CCN(C)C)C(=O)[C@@H]2C)cc1. The first kappa shape index (κ1) is 22.3. The Labute approximate surface area is 176 Å². The Bertz CT molecular complexity index is 890. The number of hydrogen-bond acceptors (Lipinski definition) is 2. The molecule has 0 radical (unpaired) electrons. The molecule has 0 saturated carbocycles. The Hall–Kier alpha value is -2.34. The van der Waals surface area contributed by atoms with Crippen LogP contribution in [0.25, 0.3) is 0 Å².